The molecule has 0 N–H and O–H groups in total. The van der Waals surface area contributed by atoms with E-state index in [1.54, 1.807) is 6.07 Å². The second-order valence-electron chi connectivity index (χ2n) is 9.37. The van der Waals surface area contributed by atoms with Gasteiger partial charge in [-0.25, -0.2) is 0 Å². The molecule has 0 amide bonds. The Morgan fingerprint density at radius 1 is 0.923 bits per heavy atom. The van der Waals surface area contributed by atoms with Crippen LogP contribution in [0.2, 0.25) is 5.02 Å². The van der Waals surface area contributed by atoms with Gasteiger partial charge in [-0.2, -0.15) is 0 Å². The highest BCUT2D eigenvalue weighted by Gasteiger charge is 2.48. The largest absolute Gasteiger partial charge is 0.486 e. The highest BCUT2D eigenvalue weighted by Crippen LogP contribution is 2.38. The number of fused-ring (bicyclic) bond motifs is 2. The van der Waals surface area contributed by atoms with Crippen molar-refractivity contribution in [2.45, 2.75) is 51.7 Å². The minimum absolute atomic E-state index is 0.0856. The lowest BCUT2D eigenvalue weighted by atomic mass is 10.0. The van der Waals surface area contributed by atoms with Crippen molar-refractivity contribution < 1.29 is 42.8 Å². The molecule has 1 fully saturated rings. The van der Waals surface area contributed by atoms with Crippen LogP contribution in [-0.4, -0.2) is 60.6 Å². The second-order valence-corrected chi connectivity index (χ2v) is 9.78. The summed E-state index contributed by atoms with van der Waals surface area (Å²) in [6.07, 6.45) is -1.67. The van der Waals surface area contributed by atoms with Gasteiger partial charge in [0.15, 0.2) is 36.0 Å². The Balaban J connectivity index is 1.56. The molecule has 0 unspecified atom stereocenters. The molecule has 11 heteroatoms. The van der Waals surface area contributed by atoms with Crippen molar-refractivity contribution >= 4 is 40.4 Å². The van der Waals surface area contributed by atoms with E-state index >= 15 is 0 Å². The number of nitrogens with zero attached hydrogens (tertiary/aromatic N) is 1. The number of rotatable bonds is 6. The summed E-state index contributed by atoms with van der Waals surface area (Å²) in [6.45, 7) is 4.62. The fraction of sp³-hybridized carbons (Fsp3) is 0.393. The first kappa shape index (κ1) is 26.8. The van der Waals surface area contributed by atoms with Gasteiger partial charge in [-0.15, -0.1) is 0 Å². The van der Waals surface area contributed by atoms with E-state index in [0.29, 0.717) is 36.2 Å². The Kier molecular flexibility index (Phi) is 7.67. The van der Waals surface area contributed by atoms with E-state index in [9.17, 15) is 14.4 Å². The molecule has 0 bridgehead atoms. The van der Waals surface area contributed by atoms with E-state index in [1.165, 1.54) is 20.8 Å². The predicted molar refractivity (Wildman–Crippen MR) is 139 cm³/mol. The van der Waals surface area contributed by atoms with E-state index in [2.05, 4.69) is 0 Å². The Labute approximate surface area is 229 Å². The second kappa shape index (κ2) is 11.2. The molecule has 2 aromatic carbocycles. The first-order valence-corrected chi connectivity index (χ1v) is 12.9. The van der Waals surface area contributed by atoms with Crippen LogP contribution in [0.5, 0.6) is 11.5 Å². The summed E-state index contributed by atoms with van der Waals surface area (Å²) in [4.78, 5) is 35.9. The van der Waals surface area contributed by atoms with Crippen LogP contribution in [0.25, 0.3) is 10.9 Å². The molecule has 5 rings (SSSR count). The maximum absolute atomic E-state index is 12.2. The minimum Gasteiger partial charge on any atom is -0.486 e. The standard InChI is InChI=1S/C28H28ClNO9/c1-15(31)37-24-14-36-28(27(39-17(3)33)26(24)38-16(2)32)30-13-19(25-20(29)5-4-6-21(25)30)11-18-7-8-22-23(12-18)35-10-9-34-22/h4-8,12-13,24,26-28H,9-11,14H2,1-3H3/t24-,26+,27-,28-/m1/s1. The number of ether oxygens (including phenoxy) is 6. The van der Waals surface area contributed by atoms with E-state index < -0.39 is 42.4 Å². The summed E-state index contributed by atoms with van der Waals surface area (Å²) in [5, 5.41) is 1.33. The SMILES string of the molecule is CC(=O)O[C@@H]1[C@@H](OC(C)=O)[C@H](OC(C)=O)CO[C@H]1n1cc(Cc2ccc3c(c2)OCCO3)c2c(Cl)cccc21. The van der Waals surface area contributed by atoms with Gasteiger partial charge in [0.2, 0.25) is 0 Å². The first-order valence-electron chi connectivity index (χ1n) is 12.5. The Morgan fingerprint density at radius 3 is 2.33 bits per heavy atom. The van der Waals surface area contributed by atoms with Gasteiger partial charge < -0.3 is 33.0 Å². The fourth-order valence-electron chi connectivity index (χ4n) is 5.07. The molecule has 39 heavy (non-hydrogen) atoms. The summed E-state index contributed by atoms with van der Waals surface area (Å²) < 4.78 is 35.8. The summed E-state index contributed by atoms with van der Waals surface area (Å²) in [5.74, 6) is -0.431. The highest BCUT2D eigenvalue weighted by atomic mass is 35.5. The van der Waals surface area contributed by atoms with Gasteiger partial charge in [0.05, 0.1) is 17.1 Å². The molecule has 3 aromatic rings. The summed E-state index contributed by atoms with van der Waals surface area (Å²) in [6, 6.07) is 11.3. The van der Waals surface area contributed by atoms with Crippen LogP contribution in [0.4, 0.5) is 0 Å². The molecular weight excluding hydrogens is 530 g/mol. The molecule has 0 radical (unpaired) electrons. The number of hydrogen-bond donors (Lipinski definition) is 0. The highest BCUT2D eigenvalue weighted by molar-refractivity contribution is 6.35. The van der Waals surface area contributed by atoms with Crippen LogP contribution in [0.15, 0.2) is 42.6 Å². The number of carbonyl (C=O) groups excluding carboxylic acids is 3. The van der Waals surface area contributed by atoms with Crippen molar-refractivity contribution in [1.29, 1.82) is 0 Å². The van der Waals surface area contributed by atoms with Gasteiger partial charge in [0.1, 0.15) is 13.2 Å². The lowest BCUT2D eigenvalue weighted by Gasteiger charge is -2.41. The molecule has 4 atom stereocenters. The average molecular weight is 558 g/mol. The summed E-state index contributed by atoms with van der Waals surface area (Å²) in [5.41, 5.74) is 2.60. The normalized spacial score (nSPS) is 22.3. The third-order valence-corrected chi connectivity index (χ3v) is 6.80. The maximum Gasteiger partial charge on any atom is 0.303 e. The molecule has 10 nitrogen and oxygen atoms in total. The van der Waals surface area contributed by atoms with Crippen LogP contribution in [0.3, 0.4) is 0 Å². The molecule has 206 valence electrons. The monoisotopic (exact) mass is 557 g/mol. The summed E-state index contributed by atoms with van der Waals surface area (Å²) >= 11 is 6.68. The number of benzene rings is 2. The number of hydrogen-bond acceptors (Lipinski definition) is 9. The Bertz CT molecular complexity index is 1420. The van der Waals surface area contributed by atoms with Crippen LogP contribution in [0, 0.1) is 0 Å². The van der Waals surface area contributed by atoms with Gasteiger partial charge in [0, 0.05) is 32.4 Å². The third-order valence-electron chi connectivity index (χ3n) is 6.49. The van der Waals surface area contributed by atoms with Crippen molar-refractivity contribution in [2.24, 2.45) is 0 Å². The van der Waals surface area contributed by atoms with Gasteiger partial charge in [-0.05, 0) is 41.8 Å². The van der Waals surface area contributed by atoms with E-state index in [1.807, 2.05) is 41.1 Å². The predicted octanol–water partition coefficient (Wildman–Crippen LogP) is 3.98. The molecule has 0 spiro atoms. The Morgan fingerprint density at radius 2 is 1.62 bits per heavy atom. The van der Waals surface area contributed by atoms with Crippen LogP contribution < -0.4 is 9.47 Å². The van der Waals surface area contributed by atoms with Crippen LogP contribution in [-0.2, 0) is 39.8 Å². The molecular formula is C28H28ClNO9. The first-order chi connectivity index (χ1) is 18.7. The topological polar surface area (TPSA) is 112 Å². The lowest BCUT2D eigenvalue weighted by Crippen LogP contribution is -2.55. The lowest BCUT2D eigenvalue weighted by molar-refractivity contribution is -0.239. The zero-order chi connectivity index (χ0) is 27.7. The zero-order valence-electron chi connectivity index (χ0n) is 21.7. The van der Waals surface area contributed by atoms with Crippen molar-refractivity contribution in [2.75, 3.05) is 19.8 Å². The summed E-state index contributed by atoms with van der Waals surface area (Å²) in [7, 11) is 0. The Hall–Kier alpha value is -3.76. The molecule has 1 saturated heterocycles. The smallest absolute Gasteiger partial charge is 0.303 e. The quantitative estimate of drug-likeness (QED) is 0.328. The number of esters is 3. The van der Waals surface area contributed by atoms with Crippen LogP contribution in [0.1, 0.15) is 38.1 Å². The van der Waals surface area contributed by atoms with Crippen molar-refractivity contribution in [1.82, 2.24) is 4.57 Å². The molecule has 0 saturated carbocycles. The fourth-order valence-corrected chi connectivity index (χ4v) is 5.36. The molecule has 2 aliphatic heterocycles. The number of halogens is 1. The van der Waals surface area contributed by atoms with E-state index in [-0.39, 0.29) is 6.61 Å². The molecule has 3 heterocycles. The zero-order valence-corrected chi connectivity index (χ0v) is 22.4. The molecule has 1 aromatic heterocycles. The average Bonchev–Trinajstić information content (AvgIpc) is 3.24. The van der Waals surface area contributed by atoms with Crippen LogP contribution >= 0.6 is 11.6 Å². The number of carbonyl (C=O) groups is 3. The maximum atomic E-state index is 12.2. The van der Waals surface area contributed by atoms with Crippen molar-refractivity contribution in [3.05, 3.63) is 58.7 Å². The van der Waals surface area contributed by atoms with Gasteiger partial charge >= 0.3 is 17.9 Å². The van der Waals surface area contributed by atoms with Gasteiger partial charge in [-0.3, -0.25) is 14.4 Å². The third kappa shape index (κ3) is 5.67. The minimum atomic E-state index is -1.11. The molecule has 2 aliphatic rings. The van der Waals surface area contributed by atoms with Gasteiger partial charge in [-0.1, -0.05) is 23.7 Å². The van der Waals surface area contributed by atoms with E-state index in [0.717, 1.165) is 22.0 Å². The molecule has 0 aliphatic carbocycles. The van der Waals surface area contributed by atoms with Crippen molar-refractivity contribution in [3.63, 3.8) is 0 Å². The number of aromatic nitrogens is 1. The van der Waals surface area contributed by atoms with Crippen molar-refractivity contribution in [3.8, 4) is 11.5 Å². The van der Waals surface area contributed by atoms with E-state index in [4.69, 9.17) is 40.0 Å². The van der Waals surface area contributed by atoms with Gasteiger partial charge in [0.25, 0.3) is 0 Å².